The summed E-state index contributed by atoms with van der Waals surface area (Å²) in [7, 11) is 1.80. The highest BCUT2D eigenvalue weighted by molar-refractivity contribution is 6.31. The van der Waals surface area contributed by atoms with Gasteiger partial charge in [-0.3, -0.25) is 0 Å². The molecule has 0 radical (unpaired) electrons. The Labute approximate surface area is 127 Å². The van der Waals surface area contributed by atoms with Gasteiger partial charge in [0.1, 0.15) is 0 Å². The first-order valence-corrected chi connectivity index (χ1v) is 7.78. The van der Waals surface area contributed by atoms with Crippen LogP contribution in [-0.4, -0.2) is 32.3 Å². The van der Waals surface area contributed by atoms with E-state index in [4.69, 9.17) is 16.3 Å². The number of piperidine rings is 1. The van der Waals surface area contributed by atoms with E-state index in [0.717, 1.165) is 37.5 Å². The maximum Gasteiger partial charge on any atom is 0.0605 e. The minimum atomic E-state index is 0.405. The molecule has 1 saturated heterocycles. The highest BCUT2D eigenvalue weighted by Crippen LogP contribution is 2.30. The van der Waals surface area contributed by atoms with Crippen molar-refractivity contribution in [3.05, 3.63) is 28.8 Å². The Morgan fingerprint density at radius 1 is 1.35 bits per heavy atom. The summed E-state index contributed by atoms with van der Waals surface area (Å²) in [6.07, 6.45) is 2.57. The molecule has 112 valence electrons. The first-order valence-electron chi connectivity index (χ1n) is 7.40. The monoisotopic (exact) mass is 296 g/mol. The predicted octanol–water partition coefficient (Wildman–Crippen LogP) is 3.45. The number of nitrogens with zero attached hydrogens (tertiary/aromatic N) is 1. The fourth-order valence-electron chi connectivity index (χ4n) is 2.66. The van der Waals surface area contributed by atoms with Crippen LogP contribution in [0, 0.1) is 0 Å². The third kappa shape index (κ3) is 3.87. The Bertz CT molecular complexity index is 428. The third-order valence-electron chi connectivity index (χ3n) is 3.90. The van der Waals surface area contributed by atoms with Gasteiger partial charge in [0.15, 0.2) is 0 Å². The van der Waals surface area contributed by atoms with Gasteiger partial charge in [0.2, 0.25) is 0 Å². The number of hydrogen-bond acceptors (Lipinski definition) is 3. The lowest BCUT2D eigenvalue weighted by Gasteiger charge is -2.34. The van der Waals surface area contributed by atoms with Crippen molar-refractivity contribution in [3.63, 3.8) is 0 Å². The second kappa shape index (κ2) is 7.30. The molecule has 1 fully saturated rings. The topological polar surface area (TPSA) is 24.5 Å². The summed E-state index contributed by atoms with van der Waals surface area (Å²) in [5.41, 5.74) is 2.47. The van der Waals surface area contributed by atoms with E-state index in [0.29, 0.717) is 12.1 Å². The molecule has 1 aliphatic rings. The molecule has 1 aliphatic heterocycles. The number of hydrogen-bond donors (Lipinski definition) is 1. The molecule has 0 unspecified atom stereocenters. The molecule has 0 aliphatic carbocycles. The molecule has 0 aromatic heterocycles. The minimum Gasteiger partial charge on any atom is -0.381 e. The molecule has 1 aromatic rings. The molecule has 0 atom stereocenters. The lowest BCUT2D eigenvalue weighted by molar-refractivity contribution is 0.0819. The summed E-state index contributed by atoms with van der Waals surface area (Å²) in [5, 5.41) is 4.32. The first kappa shape index (κ1) is 15.6. The maximum absolute atomic E-state index is 6.40. The van der Waals surface area contributed by atoms with Crippen LogP contribution in [0.1, 0.15) is 32.3 Å². The van der Waals surface area contributed by atoms with Crippen molar-refractivity contribution in [1.82, 2.24) is 5.32 Å². The summed E-state index contributed by atoms with van der Waals surface area (Å²) in [5.74, 6) is 0. The summed E-state index contributed by atoms with van der Waals surface area (Å²) < 4.78 is 5.44. The molecule has 1 N–H and O–H groups in total. The zero-order valence-corrected chi connectivity index (χ0v) is 13.4. The van der Waals surface area contributed by atoms with E-state index in [1.807, 2.05) is 12.1 Å². The molecule has 0 bridgehead atoms. The highest BCUT2D eigenvalue weighted by Gasteiger charge is 2.21. The van der Waals surface area contributed by atoms with Gasteiger partial charge in [0.05, 0.1) is 6.10 Å². The largest absolute Gasteiger partial charge is 0.381 e. The molecular formula is C16H25ClN2O. The van der Waals surface area contributed by atoms with Crippen molar-refractivity contribution in [2.75, 3.05) is 25.1 Å². The van der Waals surface area contributed by atoms with Crippen LogP contribution in [0.2, 0.25) is 5.02 Å². The van der Waals surface area contributed by atoms with E-state index in [1.165, 1.54) is 11.3 Å². The van der Waals surface area contributed by atoms with E-state index in [9.17, 15) is 0 Å². The summed E-state index contributed by atoms with van der Waals surface area (Å²) >= 11 is 6.40. The van der Waals surface area contributed by atoms with Gasteiger partial charge in [-0.05, 0) is 25.0 Å². The molecule has 1 heterocycles. The maximum atomic E-state index is 6.40. The highest BCUT2D eigenvalue weighted by atomic mass is 35.5. The smallest absolute Gasteiger partial charge is 0.0605 e. The number of ether oxygens (including phenoxy) is 1. The van der Waals surface area contributed by atoms with Gasteiger partial charge < -0.3 is 15.0 Å². The van der Waals surface area contributed by atoms with Gasteiger partial charge in [-0.2, -0.15) is 0 Å². The third-order valence-corrected chi connectivity index (χ3v) is 4.25. The van der Waals surface area contributed by atoms with Crippen LogP contribution in [0.4, 0.5) is 5.69 Å². The Morgan fingerprint density at radius 2 is 2.05 bits per heavy atom. The number of halogens is 1. The number of anilines is 1. The lowest BCUT2D eigenvalue weighted by atomic mass is 10.0. The molecular weight excluding hydrogens is 272 g/mol. The van der Waals surface area contributed by atoms with Gasteiger partial charge in [0, 0.05) is 49.1 Å². The fourth-order valence-corrected chi connectivity index (χ4v) is 2.89. The van der Waals surface area contributed by atoms with Crippen molar-refractivity contribution >= 4 is 17.3 Å². The lowest BCUT2D eigenvalue weighted by Crippen LogP contribution is -2.37. The van der Waals surface area contributed by atoms with E-state index >= 15 is 0 Å². The molecule has 0 spiro atoms. The normalized spacial score (nSPS) is 16.9. The quantitative estimate of drug-likeness (QED) is 0.901. The molecule has 2 rings (SSSR count). The van der Waals surface area contributed by atoms with Crippen molar-refractivity contribution < 1.29 is 4.74 Å². The Morgan fingerprint density at radius 3 is 2.65 bits per heavy atom. The molecule has 3 nitrogen and oxygen atoms in total. The molecule has 0 amide bonds. The summed E-state index contributed by atoms with van der Waals surface area (Å²) in [4.78, 5) is 2.43. The number of nitrogens with one attached hydrogen (secondary N) is 1. The molecule has 20 heavy (non-hydrogen) atoms. The van der Waals surface area contributed by atoms with Crippen molar-refractivity contribution in [3.8, 4) is 0 Å². The van der Waals surface area contributed by atoms with Crippen molar-refractivity contribution in [2.45, 2.75) is 45.4 Å². The number of rotatable bonds is 5. The average Bonchev–Trinajstić information content (AvgIpc) is 2.45. The Balaban J connectivity index is 2.12. The molecule has 1 aromatic carbocycles. The van der Waals surface area contributed by atoms with Crippen molar-refractivity contribution in [2.24, 2.45) is 0 Å². The summed E-state index contributed by atoms with van der Waals surface area (Å²) in [6.45, 7) is 7.19. The minimum absolute atomic E-state index is 0.405. The Kier molecular flexibility index (Phi) is 5.70. The van der Waals surface area contributed by atoms with Crippen LogP contribution in [0.5, 0.6) is 0 Å². The van der Waals surface area contributed by atoms with Gasteiger partial charge in [-0.1, -0.05) is 31.5 Å². The van der Waals surface area contributed by atoms with Gasteiger partial charge >= 0.3 is 0 Å². The van der Waals surface area contributed by atoms with Gasteiger partial charge in [-0.25, -0.2) is 0 Å². The second-order valence-corrected chi connectivity index (χ2v) is 6.10. The van der Waals surface area contributed by atoms with E-state index in [2.05, 4.69) is 30.1 Å². The second-order valence-electron chi connectivity index (χ2n) is 5.70. The van der Waals surface area contributed by atoms with Crippen LogP contribution in [0.25, 0.3) is 0 Å². The SMILES string of the molecule is COC1CCN(c2cccc(Cl)c2CNC(C)C)CC1. The van der Waals surface area contributed by atoms with E-state index in [1.54, 1.807) is 7.11 Å². The van der Waals surface area contributed by atoms with E-state index in [-0.39, 0.29) is 0 Å². The standard InChI is InChI=1S/C16H25ClN2O/c1-12(2)18-11-14-15(17)5-4-6-16(14)19-9-7-13(20-3)8-10-19/h4-6,12-13,18H,7-11H2,1-3H3. The first-order chi connectivity index (χ1) is 9.61. The average molecular weight is 297 g/mol. The predicted molar refractivity (Wildman–Crippen MR) is 85.7 cm³/mol. The van der Waals surface area contributed by atoms with E-state index < -0.39 is 0 Å². The van der Waals surface area contributed by atoms with Crippen LogP contribution in [0.15, 0.2) is 18.2 Å². The van der Waals surface area contributed by atoms with Crippen molar-refractivity contribution in [1.29, 1.82) is 0 Å². The van der Waals surface area contributed by atoms with Crippen LogP contribution < -0.4 is 10.2 Å². The number of methoxy groups -OCH3 is 1. The number of benzene rings is 1. The zero-order valence-electron chi connectivity index (χ0n) is 12.7. The van der Waals surface area contributed by atoms with Crippen LogP contribution in [0.3, 0.4) is 0 Å². The molecule has 0 saturated carbocycles. The summed E-state index contributed by atoms with van der Waals surface area (Å²) in [6, 6.07) is 6.65. The van der Waals surface area contributed by atoms with Crippen LogP contribution >= 0.6 is 11.6 Å². The van der Waals surface area contributed by atoms with Gasteiger partial charge in [0.25, 0.3) is 0 Å². The zero-order chi connectivity index (χ0) is 14.5. The van der Waals surface area contributed by atoms with Gasteiger partial charge in [-0.15, -0.1) is 0 Å². The Hall–Kier alpha value is -0.770. The molecule has 4 heteroatoms. The fraction of sp³-hybridized carbons (Fsp3) is 0.625. The van der Waals surface area contributed by atoms with Crippen LogP contribution in [-0.2, 0) is 11.3 Å².